The van der Waals surface area contributed by atoms with Crippen LogP contribution < -0.4 is 0 Å². The Hall–Kier alpha value is -1.13. The molecule has 1 saturated heterocycles. The minimum Gasteiger partial charge on any atom is -0.381 e. The number of hydrogen-bond acceptors (Lipinski definition) is 3. The quantitative estimate of drug-likeness (QED) is 0.763. The summed E-state index contributed by atoms with van der Waals surface area (Å²) in [7, 11) is 3.70. The normalized spacial score (nSPS) is 25.3. The number of aromatic nitrogens is 1. The highest BCUT2D eigenvalue weighted by Crippen LogP contribution is 2.19. The first-order chi connectivity index (χ1) is 8.60. The number of rotatable bonds is 4. The molecule has 2 rings (SSSR count). The Morgan fingerprint density at radius 3 is 2.89 bits per heavy atom. The molecule has 2 heterocycles. The first-order valence-corrected chi connectivity index (χ1v) is 6.52. The molecule has 100 valence electrons. The van der Waals surface area contributed by atoms with Crippen LogP contribution in [0.15, 0.2) is 18.5 Å². The molecule has 18 heavy (non-hydrogen) atoms. The molecule has 0 radical (unpaired) electrons. The first-order valence-electron chi connectivity index (χ1n) is 6.52. The predicted molar refractivity (Wildman–Crippen MR) is 70.8 cm³/mol. The van der Waals surface area contributed by atoms with E-state index in [1.807, 2.05) is 30.1 Å². The molecule has 0 aromatic carbocycles. The number of piperidine rings is 1. The average Bonchev–Trinajstić information content (AvgIpc) is 2.78. The van der Waals surface area contributed by atoms with Gasteiger partial charge in [0.1, 0.15) is 0 Å². The number of Topliss-reactive ketones (excluding diaryl/α,β-unsaturated/α-hetero) is 1. The van der Waals surface area contributed by atoms with Gasteiger partial charge in [0, 0.05) is 44.7 Å². The van der Waals surface area contributed by atoms with E-state index in [0.717, 1.165) is 24.9 Å². The number of likely N-dealkylation sites (tertiary alicyclic amines) is 1. The van der Waals surface area contributed by atoms with Crippen molar-refractivity contribution >= 4 is 5.78 Å². The van der Waals surface area contributed by atoms with Crippen LogP contribution in [0.25, 0.3) is 0 Å². The van der Waals surface area contributed by atoms with Gasteiger partial charge in [-0.05, 0) is 25.8 Å². The number of hydrogen-bond donors (Lipinski definition) is 0. The van der Waals surface area contributed by atoms with E-state index in [1.54, 1.807) is 7.11 Å². The van der Waals surface area contributed by atoms with E-state index in [2.05, 4.69) is 11.8 Å². The maximum Gasteiger partial charge on any atom is 0.178 e. The largest absolute Gasteiger partial charge is 0.381 e. The van der Waals surface area contributed by atoms with Gasteiger partial charge in [-0.2, -0.15) is 0 Å². The molecule has 0 saturated carbocycles. The van der Waals surface area contributed by atoms with Crippen molar-refractivity contribution in [1.29, 1.82) is 0 Å². The third-order valence-corrected chi connectivity index (χ3v) is 3.80. The lowest BCUT2D eigenvalue weighted by molar-refractivity contribution is 0.0167. The van der Waals surface area contributed by atoms with Crippen molar-refractivity contribution in [2.24, 2.45) is 7.05 Å². The van der Waals surface area contributed by atoms with Crippen LogP contribution in [0.1, 0.15) is 30.1 Å². The smallest absolute Gasteiger partial charge is 0.178 e. The number of methoxy groups -OCH3 is 1. The monoisotopic (exact) mass is 250 g/mol. The molecule has 0 amide bonds. The van der Waals surface area contributed by atoms with Crippen LogP contribution in [0.4, 0.5) is 0 Å². The van der Waals surface area contributed by atoms with Crippen LogP contribution in [0.3, 0.4) is 0 Å². The van der Waals surface area contributed by atoms with Crippen LogP contribution >= 0.6 is 0 Å². The molecule has 4 nitrogen and oxygen atoms in total. The van der Waals surface area contributed by atoms with Gasteiger partial charge < -0.3 is 9.30 Å². The highest BCUT2D eigenvalue weighted by atomic mass is 16.5. The van der Waals surface area contributed by atoms with E-state index in [1.165, 1.54) is 0 Å². The van der Waals surface area contributed by atoms with E-state index in [9.17, 15) is 4.79 Å². The Labute approximate surface area is 109 Å². The molecule has 2 unspecified atom stereocenters. The average molecular weight is 250 g/mol. The van der Waals surface area contributed by atoms with E-state index in [0.29, 0.717) is 18.7 Å². The van der Waals surface area contributed by atoms with Crippen LogP contribution in [0.5, 0.6) is 0 Å². The summed E-state index contributed by atoms with van der Waals surface area (Å²) in [5, 5.41) is 0. The maximum atomic E-state index is 12.1. The van der Waals surface area contributed by atoms with Gasteiger partial charge in [-0.15, -0.1) is 0 Å². The fraction of sp³-hybridized carbons (Fsp3) is 0.643. The predicted octanol–water partition coefficient (Wildman–Crippen LogP) is 1.71. The summed E-state index contributed by atoms with van der Waals surface area (Å²) in [6.45, 7) is 3.63. The van der Waals surface area contributed by atoms with E-state index in [4.69, 9.17) is 4.74 Å². The number of carbonyl (C=O) groups excluding carboxylic acids is 1. The zero-order valence-electron chi connectivity index (χ0n) is 11.4. The second-order valence-corrected chi connectivity index (χ2v) is 5.19. The third-order valence-electron chi connectivity index (χ3n) is 3.80. The van der Waals surface area contributed by atoms with Gasteiger partial charge in [0.2, 0.25) is 0 Å². The highest BCUT2D eigenvalue weighted by molar-refractivity contribution is 5.97. The molecule has 1 fully saturated rings. The van der Waals surface area contributed by atoms with E-state index in [-0.39, 0.29) is 5.78 Å². The van der Waals surface area contributed by atoms with Crippen LogP contribution in [0, 0.1) is 0 Å². The van der Waals surface area contributed by atoms with Gasteiger partial charge in [0.25, 0.3) is 0 Å². The summed E-state index contributed by atoms with van der Waals surface area (Å²) in [6.07, 6.45) is 6.17. The summed E-state index contributed by atoms with van der Waals surface area (Å²) in [5.74, 6) is 0.207. The van der Waals surface area contributed by atoms with Crippen LogP contribution in [-0.2, 0) is 11.8 Å². The second-order valence-electron chi connectivity index (χ2n) is 5.19. The van der Waals surface area contributed by atoms with Gasteiger partial charge in [-0.25, -0.2) is 0 Å². The van der Waals surface area contributed by atoms with Gasteiger partial charge in [0.05, 0.1) is 12.6 Å². The van der Waals surface area contributed by atoms with Crippen molar-refractivity contribution < 1.29 is 9.53 Å². The fourth-order valence-corrected chi connectivity index (χ4v) is 2.57. The molecule has 0 spiro atoms. The topological polar surface area (TPSA) is 34.5 Å². The van der Waals surface area contributed by atoms with Gasteiger partial charge in [-0.3, -0.25) is 9.69 Å². The lowest BCUT2D eigenvalue weighted by Gasteiger charge is -2.36. The lowest BCUT2D eigenvalue weighted by Crippen LogP contribution is -2.45. The van der Waals surface area contributed by atoms with E-state index >= 15 is 0 Å². The van der Waals surface area contributed by atoms with Crippen molar-refractivity contribution in [3.63, 3.8) is 0 Å². The molecule has 1 aliphatic heterocycles. The molecular weight excluding hydrogens is 228 g/mol. The summed E-state index contributed by atoms with van der Waals surface area (Å²) in [4.78, 5) is 14.4. The van der Waals surface area contributed by atoms with Crippen LogP contribution in [0.2, 0.25) is 0 Å². The van der Waals surface area contributed by atoms with Crippen LogP contribution in [-0.4, -0.2) is 47.6 Å². The van der Waals surface area contributed by atoms with Gasteiger partial charge in [0.15, 0.2) is 5.78 Å². The Bertz CT molecular complexity index is 414. The molecule has 0 N–H and O–H groups in total. The van der Waals surface area contributed by atoms with Gasteiger partial charge in [-0.1, -0.05) is 0 Å². The fourth-order valence-electron chi connectivity index (χ4n) is 2.57. The SMILES string of the molecule is COC1CCN(CC(=O)c2ccn(C)c2)C(C)C1. The van der Waals surface area contributed by atoms with Crippen molar-refractivity contribution in [2.75, 3.05) is 20.2 Å². The number of ether oxygens (including phenoxy) is 1. The Balaban J connectivity index is 1.92. The van der Waals surface area contributed by atoms with Crippen molar-refractivity contribution in [2.45, 2.75) is 31.9 Å². The van der Waals surface area contributed by atoms with E-state index < -0.39 is 0 Å². The summed E-state index contributed by atoms with van der Waals surface area (Å²) in [6, 6.07) is 2.30. The lowest BCUT2D eigenvalue weighted by atomic mass is 10.00. The van der Waals surface area contributed by atoms with Crippen molar-refractivity contribution in [3.05, 3.63) is 24.0 Å². The zero-order chi connectivity index (χ0) is 13.1. The Morgan fingerprint density at radius 2 is 2.33 bits per heavy atom. The molecule has 1 aromatic heterocycles. The maximum absolute atomic E-state index is 12.1. The first kappa shape index (κ1) is 13.3. The number of carbonyl (C=O) groups is 1. The minimum atomic E-state index is 0.207. The Morgan fingerprint density at radius 1 is 1.56 bits per heavy atom. The summed E-state index contributed by atoms with van der Waals surface area (Å²) in [5.41, 5.74) is 0.804. The third kappa shape index (κ3) is 3.00. The van der Waals surface area contributed by atoms with Gasteiger partial charge >= 0.3 is 0 Å². The highest BCUT2D eigenvalue weighted by Gasteiger charge is 2.26. The molecular formula is C14H22N2O2. The van der Waals surface area contributed by atoms with Crippen molar-refractivity contribution in [3.8, 4) is 0 Å². The number of nitrogens with zero attached hydrogens (tertiary/aromatic N) is 2. The molecule has 0 bridgehead atoms. The number of aryl methyl sites for hydroxylation is 1. The number of ketones is 1. The molecule has 2 atom stereocenters. The molecule has 0 aliphatic carbocycles. The van der Waals surface area contributed by atoms with Crippen molar-refractivity contribution in [1.82, 2.24) is 9.47 Å². The Kier molecular flexibility index (Phi) is 4.19. The standard InChI is InChI=1S/C14H22N2O2/c1-11-8-13(18-3)5-7-16(11)10-14(17)12-4-6-15(2)9-12/h4,6,9,11,13H,5,7-8,10H2,1-3H3. The summed E-state index contributed by atoms with van der Waals surface area (Å²) >= 11 is 0. The minimum absolute atomic E-state index is 0.207. The molecule has 1 aromatic rings. The second kappa shape index (κ2) is 5.67. The zero-order valence-corrected chi connectivity index (χ0v) is 11.4. The summed E-state index contributed by atoms with van der Waals surface area (Å²) < 4.78 is 7.30. The molecule has 1 aliphatic rings. The molecule has 4 heteroatoms.